The maximum atomic E-state index is 13.7. The number of benzene rings is 2. The largest absolute Gasteiger partial charge is 0.489 e. The highest BCUT2D eigenvalue weighted by Crippen LogP contribution is 2.24. The van der Waals surface area contributed by atoms with Gasteiger partial charge in [0.1, 0.15) is 12.4 Å². The molecule has 0 heterocycles. The number of ether oxygens (including phenoxy) is 1. The molecule has 0 fully saturated rings. The Bertz CT molecular complexity index is 572. The lowest BCUT2D eigenvalue weighted by Gasteiger charge is -2.10. The van der Waals surface area contributed by atoms with Gasteiger partial charge in [-0.2, -0.15) is 0 Å². The quantitative estimate of drug-likeness (QED) is 0.868. The van der Waals surface area contributed by atoms with Gasteiger partial charge in [-0.15, -0.1) is 0 Å². The highest BCUT2D eigenvalue weighted by molar-refractivity contribution is 9.10. The molecule has 4 heteroatoms. The van der Waals surface area contributed by atoms with Crippen LogP contribution in [0.4, 0.5) is 10.1 Å². The average Bonchev–Trinajstić information content (AvgIpc) is 2.33. The molecule has 0 amide bonds. The normalized spacial score (nSPS) is 10.4. The van der Waals surface area contributed by atoms with E-state index < -0.39 is 5.82 Å². The molecule has 0 aliphatic heterocycles. The van der Waals surface area contributed by atoms with Gasteiger partial charge in [0.2, 0.25) is 0 Å². The third-order valence-corrected chi connectivity index (χ3v) is 3.12. The molecule has 0 spiro atoms. The molecule has 2 aromatic carbocycles. The first-order valence-corrected chi connectivity index (χ1v) is 6.29. The van der Waals surface area contributed by atoms with Crippen molar-refractivity contribution in [2.24, 2.45) is 0 Å². The monoisotopic (exact) mass is 309 g/mol. The van der Waals surface area contributed by atoms with Crippen molar-refractivity contribution in [2.45, 2.75) is 13.5 Å². The minimum atomic E-state index is -0.410. The summed E-state index contributed by atoms with van der Waals surface area (Å²) in [5.41, 5.74) is 7.09. The van der Waals surface area contributed by atoms with Gasteiger partial charge >= 0.3 is 0 Å². The van der Waals surface area contributed by atoms with Crippen LogP contribution in [0, 0.1) is 12.7 Å². The number of halogens is 2. The summed E-state index contributed by atoms with van der Waals surface area (Å²) in [7, 11) is 0. The lowest BCUT2D eigenvalue weighted by atomic mass is 10.2. The molecule has 18 heavy (non-hydrogen) atoms. The smallest absolute Gasteiger partial charge is 0.152 e. The third kappa shape index (κ3) is 2.82. The van der Waals surface area contributed by atoms with Crippen LogP contribution < -0.4 is 10.5 Å². The average molecular weight is 310 g/mol. The molecule has 2 N–H and O–H groups in total. The van der Waals surface area contributed by atoms with Crippen LogP contribution in [0.25, 0.3) is 0 Å². The molecule has 0 bridgehead atoms. The zero-order chi connectivity index (χ0) is 13.1. The third-order valence-electron chi connectivity index (χ3n) is 2.63. The van der Waals surface area contributed by atoms with Crippen LogP contribution in [-0.4, -0.2) is 0 Å². The first kappa shape index (κ1) is 12.9. The molecule has 2 nitrogen and oxygen atoms in total. The summed E-state index contributed by atoms with van der Waals surface area (Å²) in [6.45, 7) is 2.11. The van der Waals surface area contributed by atoms with E-state index in [1.54, 1.807) is 12.1 Å². The minimum absolute atomic E-state index is 0.142. The van der Waals surface area contributed by atoms with Crippen LogP contribution >= 0.6 is 15.9 Å². The fourth-order valence-electron chi connectivity index (χ4n) is 1.64. The molecule has 0 saturated carbocycles. The molecule has 94 valence electrons. The standard InChI is InChI=1S/C14H13BrFNO/c1-9-7-11(15)5-6-13(9)18-8-10-3-2-4-12(17)14(10)16/h2-7H,8,17H2,1H3. The van der Waals surface area contributed by atoms with Gasteiger partial charge in [-0.05, 0) is 36.8 Å². The highest BCUT2D eigenvalue weighted by atomic mass is 79.9. The van der Waals surface area contributed by atoms with E-state index in [1.807, 2.05) is 25.1 Å². The van der Waals surface area contributed by atoms with E-state index in [0.29, 0.717) is 5.56 Å². The van der Waals surface area contributed by atoms with E-state index in [0.717, 1.165) is 15.8 Å². The Morgan fingerprint density at radius 2 is 2.06 bits per heavy atom. The molecule has 0 unspecified atom stereocenters. The maximum absolute atomic E-state index is 13.7. The van der Waals surface area contributed by atoms with Crippen LogP contribution in [0.5, 0.6) is 5.75 Å². The topological polar surface area (TPSA) is 35.2 Å². The van der Waals surface area contributed by atoms with Crippen molar-refractivity contribution in [3.63, 3.8) is 0 Å². The molecule has 2 aromatic rings. The number of anilines is 1. The van der Waals surface area contributed by atoms with E-state index in [1.165, 1.54) is 6.07 Å². The van der Waals surface area contributed by atoms with E-state index in [-0.39, 0.29) is 12.3 Å². The predicted octanol–water partition coefficient (Wildman–Crippen LogP) is 4.06. The Balaban J connectivity index is 2.14. The number of hydrogen-bond donors (Lipinski definition) is 1. The maximum Gasteiger partial charge on any atom is 0.152 e. The Kier molecular flexibility index (Phi) is 3.87. The molecular formula is C14H13BrFNO. The van der Waals surface area contributed by atoms with E-state index in [4.69, 9.17) is 10.5 Å². The second-order valence-corrected chi connectivity index (χ2v) is 4.93. The predicted molar refractivity (Wildman–Crippen MR) is 74.0 cm³/mol. The second-order valence-electron chi connectivity index (χ2n) is 4.02. The molecule has 0 aromatic heterocycles. The molecule has 0 aliphatic carbocycles. The van der Waals surface area contributed by atoms with Crippen LogP contribution in [0.15, 0.2) is 40.9 Å². The van der Waals surface area contributed by atoms with Crippen molar-refractivity contribution in [1.29, 1.82) is 0 Å². The molecule has 0 aliphatic rings. The zero-order valence-electron chi connectivity index (χ0n) is 9.91. The van der Waals surface area contributed by atoms with Gasteiger partial charge in [0.05, 0.1) is 5.69 Å². The summed E-state index contributed by atoms with van der Waals surface area (Å²) >= 11 is 3.38. The zero-order valence-corrected chi connectivity index (χ0v) is 11.5. The molecule has 2 rings (SSSR count). The van der Waals surface area contributed by atoms with Gasteiger partial charge in [0, 0.05) is 10.0 Å². The van der Waals surface area contributed by atoms with Crippen molar-refractivity contribution >= 4 is 21.6 Å². The lowest BCUT2D eigenvalue weighted by Crippen LogP contribution is -2.02. The summed E-state index contributed by atoms with van der Waals surface area (Å²) in [6.07, 6.45) is 0. The van der Waals surface area contributed by atoms with Crippen molar-refractivity contribution in [3.05, 3.63) is 57.8 Å². The van der Waals surface area contributed by atoms with Crippen LogP contribution in [0.1, 0.15) is 11.1 Å². The summed E-state index contributed by atoms with van der Waals surface area (Å²) in [5.74, 6) is 0.326. The van der Waals surface area contributed by atoms with Crippen LogP contribution in [-0.2, 0) is 6.61 Å². The summed E-state index contributed by atoms with van der Waals surface area (Å²) in [6, 6.07) is 10.6. The van der Waals surface area contributed by atoms with Crippen LogP contribution in [0.2, 0.25) is 0 Å². The number of hydrogen-bond acceptors (Lipinski definition) is 2. The fraction of sp³-hybridized carbons (Fsp3) is 0.143. The van der Waals surface area contributed by atoms with E-state index in [9.17, 15) is 4.39 Å². The van der Waals surface area contributed by atoms with Crippen LogP contribution in [0.3, 0.4) is 0 Å². The van der Waals surface area contributed by atoms with Crippen molar-refractivity contribution in [2.75, 3.05) is 5.73 Å². The number of aryl methyl sites for hydroxylation is 1. The fourth-order valence-corrected chi connectivity index (χ4v) is 2.12. The van der Waals surface area contributed by atoms with E-state index in [2.05, 4.69) is 15.9 Å². The first-order chi connectivity index (χ1) is 8.58. The molecule has 0 saturated heterocycles. The molecule has 0 radical (unpaired) electrons. The summed E-state index contributed by atoms with van der Waals surface area (Å²) < 4.78 is 20.2. The van der Waals surface area contributed by atoms with Crippen molar-refractivity contribution < 1.29 is 9.13 Å². The summed E-state index contributed by atoms with van der Waals surface area (Å²) in [5, 5.41) is 0. The van der Waals surface area contributed by atoms with E-state index >= 15 is 0 Å². The van der Waals surface area contributed by atoms with Gasteiger partial charge < -0.3 is 10.5 Å². The number of rotatable bonds is 3. The Labute approximate surface area is 114 Å². The van der Waals surface area contributed by atoms with Gasteiger partial charge in [0.15, 0.2) is 5.82 Å². The Morgan fingerprint density at radius 3 is 2.78 bits per heavy atom. The Hall–Kier alpha value is -1.55. The molecular weight excluding hydrogens is 297 g/mol. The molecule has 0 atom stereocenters. The van der Waals surface area contributed by atoms with Crippen molar-refractivity contribution in [1.82, 2.24) is 0 Å². The van der Waals surface area contributed by atoms with Gasteiger partial charge in [-0.1, -0.05) is 28.1 Å². The van der Waals surface area contributed by atoms with Crippen molar-refractivity contribution in [3.8, 4) is 5.75 Å². The minimum Gasteiger partial charge on any atom is -0.489 e. The Morgan fingerprint density at radius 1 is 1.28 bits per heavy atom. The SMILES string of the molecule is Cc1cc(Br)ccc1OCc1cccc(N)c1F. The summed E-state index contributed by atoms with van der Waals surface area (Å²) in [4.78, 5) is 0. The second kappa shape index (κ2) is 5.40. The highest BCUT2D eigenvalue weighted by Gasteiger charge is 2.07. The van der Waals surface area contributed by atoms with Gasteiger partial charge in [-0.3, -0.25) is 0 Å². The number of nitrogen functional groups attached to an aromatic ring is 1. The lowest BCUT2D eigenvalue weighted by molar-refractivity contribution is 0.298. The van der Waals surface area contributed by atoms with Gasteiger partial charge in [-0.25, -0.2) is 4.39 Å². The first-order valence-electron chi connectivity index (χ1n) is 5.50. The van der Waals surface area contributed by atoms with Gasteiger partial charge in [0.25, 0.3) is 0 Å². The number of nitrogens with two attached hydrogens (primary N) is 1.